The van der Waals surface area contributed by atoms with E-state index in [1.807, 2.05) is 6.07 Å². The number of amides is 1. The summed E-state index contributed by atoms with van der Waals surface area (Å²) in [4.78, 5) is 11.8. The molecule has 0 spiro atoms. The molecule has 1 atom stereocenters. The molecule has 1 fully saturated rings. The van der Waals surface area contributed by atoms with Crippen LogP contribution in [-0.2, 0) is 22.5 Å². The number of carbonyl (C=O) groups excluding carboxylic acids is 1. The first kappa shape index (κ1) is 13.0. The molecule has 0 radical (unpaired) electrons. The van der Waals surface area contributed by atoms with Gasteiger partial charge in [0, 0.05) is 19.2 Å². The number of aryl methyl sites for hydroxylation is 1. The van der Waals surface area contributed by atoms with Crippen LogP contribution in [0.3, 0.4) is 0 Å². The maximum absolute atomic E-state index is 11.8. The van der Waals surface area contributed by atoms with Gasteiger partial charge in [0.05, 0.1) is 18.8 Å². The number of rotatable bonds is 5. The van der Waals surface area contributed by atoms with E-state index in [-0.39, 0.29) is 5.91 Å². The van der Waals surface area contributed by atoms with Crippen LogP contribution >= 0.6 is 0 Å². The smallest absolute Gasteiger partial charge is 0.250 e. The van der Waals surface area contributed by atoms with Crippen molar-refractivity contribution in [2.75, 3.05) is 19.7 Å². The zero-order valence-electron chi connectivity index (χ0n) is 10.6. The second-order valence-corrected chi connectivity index (χ2v) is 4.32. The first-order chi connectivity index (χ1) is 8.79. The Balaban J connectivity index is 1.77. The lowest BCUT2D eigenvalue weighted by Crippen LogP contribution is -2.47. The Bertz CT molecular complexity index is 386. The molecular formula is C12H19N3O3. The number of aromatic nitrogens is 1. The summed E-state index contributed by atoms with van der Waals surface area (Å²) in [5, 5.41) is 9.83. The molecule has 1 aliphatic heterocycles. The van der Waals surface area contributed by atoms with Gasteiger partial charge in [-0.15, -0.1) is 0 Å². The molecule has 1 saturated heterocycles. The maximum Gasteiger partial charge on any atom is 0.250 e. The van der Waals surface area contributed by atoms with Gasteiger partial charge < -0.3 is 19.9 Å². The highest BCUT2D eigenvalue weighted by molar-refractivity contribution is 5.81. The monoisotopic (exact) mass is 253 g/mol. The Hall–Kier alpha value is -1.40. The van der Waals surface area contributed by atoms with Crippen molar-refractivity contribution in [3.8, 4) is 0 Å². The summed E-state index contributed by atoms with van der Waals surface area (Å²) in [5.41, 5.74) is 0.928. The second-order valence-electron chi connectivity index (χ2n) is 4.32. The molecule has 2 N–H and O–H groups in total. The third kappa shape index (κ3) is 3.54. The molecule has 1 aromatic rings. The lowest BCUT2D eigenvalue weighted by Gasteiger charge is -2.22. The number of hydrogen-bond donors (Lipinski definition) is 2. The van der Waals surface area contributed by atoms with Gasteiger partial charge in [0.2, 0.25) is 0 Å². The summed E-state index contributed by atoms with van der Waals surface area (Å²) in [7, 11) is 0. The minimum absolute atomic E-state index is 0.115. The largest absolute Gasteiger partial charge is 0.366 e. The van der Waals surface area contributed by atoms with Crippen LogP contribution in [0.4, 0.5) is 0 Å². The van der Waals surface area contributed by atoms with Gasteiger partial charge in [0.25, 0.3) is 5.91 Å². The van der Waals surface area contributed by atoms with E-state index in [1.54, 1.807) is 0 Å². The Kier molecular flexibility index (Phi) is 4.72. The van der Waals surface area contributed by atoms with Crippen LogP contribution in [0.25, 0.3) is 0 Å². The normalized spacial score (nSPS) is 19.7. The minimum Gasteiger partial charge on any atom is -0.366 e. The molecule has 0 aromatic carbocycles. The molecule has 18 heavy (non-hydrogen) atoms. The van der Waals surface area contributed by atoms with Gasteiger partial charge in [-0.25, -0.2) is 0 Å². The number of ether oxygens (including phenoxy) is 1. The van der Waals surface area contributed by atoms with Gasteiger partial charge in [0.1, 0.15) is 6.10 Å². The van der Waals surface area contributed by atoms with E-state index in [2.05, 4.69) is 22.7 Å². The van der Waals surface area contributed by atoms with Crippen LogP contribution in [-0.4, -0.2) is 36.9 Å². The zero-order chi connectivity index (χ0) is 12.8. The fourth-order valence-electron chi connectivity index (χ4n) is 1.83. The first-order valence-corrected chi connectivity index (χ1v) is 6.34. The van der Waals surface area contributed by atoms with Gasteiger partial charge in [-0.3, -0.25) is 4.79 Å². The van der Waals surface area contributed by atoms with E-state index in [0.29, 0.717) is 25.5 Å². The lowest BCUT2D eigenvalue weighted by atomic mass is 10.2. The zero-order valence-corrected chi connectivity index (χ0v) is 10.6. The predicted molar refractivity (Wildman–Crippen MR) is 65.0 cm³/mol. The summed E-state index contributed by atoms with van der Waals surface area (Å²) in [6.07, 6.45) is 1.52. The average Bonchev–Trinajstić information content (AvgIpc) is 2.85. The quantitative estimate of drug-likeness (QED) is 0.785. The van der Waals surface area contributed by atoms with Crippen LogP contribution < -0.4 is 10.6 Å². The predicted octanol–water partition coefficient (Wildman–Crippen LogP) is 0.232. The van der Waals surface area contributed by atoms with Crippen LogP contribution in [0.15, 0.2) is 10.6 Å². The highest BCUT2D eigenvalue weighted by atomic mass is 16.5. The van der Waals surface area contributed by atoms with Crippen LogP contribution in [0.2, 0.25) is 0 Å². The molecule has 2 rings (SSSR count). The second kappa shape index (κ2) is 6.51. The highest BCUT2D eigenvalue weighted by Crippen LogP contribution is 2.06. The molecule has 2 heterocycles. The fraction of sp³-hybridized carbons (Fsp3) is 0.667. The standard InChI is InChI=1S/C12H19N3O3/c1-2-3-9-6-10(18-15-9)7-14-12(16)11-8-13-4-5-17-11/h6,11,13H,2-5,7-8H2,1H3,(H,14,16)/t11-/m1/s1. The molecule has 6 nitrogen and oxygen atoms in total. The number of carbonyl (C=O) groups is 1. The Labute approximate surface area is 106 Å². The fourth-order valence-corrected chi connectivity index (χ4v) is 1.83. The summed E-state index contributed by atoms with van der Waals surface area (Å²) in [6, 6.07) is 1.88. The van der Waals surface area contributed by atoms with E-state index >= 15 is 0 Å². The van der Waals surface area contributed by atoms with Gasteiger partial charge in [-0.05, 0) is 6.42 Å². The van der Waals surface area contributed by atoms with Crippen LogP contribution in [0.1, 0.15) is 24.8 Å². The minimum atomic E-state index is -0.406. The summed E-state index contributed by atoms with van der Waals surface area (Å²) in [6.45, 7) is 4.37. The number of morpholine rings is 1. The molecule has 0 unspecified atom stereocenters. The molecule has 6 heteroatoms. The molecule has 0 saturated carbocycles. The number of nitrogens with zero attached hydrogens (tertiary/aromatic N) is 1. The van der Waals surface area contributed by atoms with Gasteiger partial charge in [0.15, 0.2) is 5.76 Å². The van der Waals surface area contributed by atoms with E-state index in [9.17, 15) is 4.79 Å². The van der Waals surface area contributed by atoms with E-state index in [0.717, 1.165) is 25.1 Å². The van der Waals surface area contributed by atoms with Crippen molar-refractivity contribution in [3.05, 3.63) is 17.5 Å². The van der Waals surface area contributed by atoms with Crippen molar-refractivity contribution in [1.82, 2.24) is 15.8 Å². The van der Waals surface area contributed by atoms with Crippen molar-refractivity contribution in [3.63, 3.8) is 0 Å². The van der Waals surface area contributed by atoms with Gasteiger partial charge >= 0.3 is 0 Å². The van der Waals surface area contributed by atoms with E-state index in [1.165, 1.54) is 0 Å². The SMILES string of the molecule is CCCc1cc(CNC(=O)[C@H]2CNCCO2)on1. The van der Waals surface area contributed by atoms with Gasteiger partial charge in [-0.2, -0.15) is 0 Å². The Morgan fingerprint density at radius 3 is 3.28 bits per heavy atom. The van der Waals surface area contributed by atoms with Crippen molar-refractivity contribution < 1.29 is 14.1 Å². The summed E-state index contributed by atoms with van der Waals surface area (Å²) >= 11 is 0. The van der Waals surface area contributed by atoms with E-state index < -0.39 is 6.10 Å². The Morgan fingerprint density at radius 2 is 2.56 bits per heavy atom. The Morgan fingerprint density at radius 1 is 1.67 bits per heavy atom. The third-order valence-corrected chi connectivity index (χ3v) is 2.77. The van der Waals surface area contributed by atoms with Crippen LogP contribution in [0, 0.1) is 0 Å². The molecule has 0 aliphatic carbocycles. The van der Waals surface area contributed by atoms with Crippen molar-refractivity contribution in [2.24, 2.45) is 0 Å². The van der Waals surface area contributed by atoms with Crippen molar-refractivity contribution in [2.45, 2.75) is 32.4 Å². The van der Waals surface area contributed by atoms with Crippen molar-refractivity contribution in [1.29, 1.82) is 0 Å². The molecule has 1 amide bonds. The maximum atomic E-state index is 11.8. The molecular weight excluding hydrogens is 234 g/mol. The van der Waals surface area contributed by atoms with Crippen LogP contribution in [0.5, 0.6) is 0 Å². The lowest BCUT2D eigenvalue weighted by molar-refractivity contribution is -0.134. The third-order valence-electron chi connectivity index (χ3n) is 2.77. The van der Waals surface area contributed by atoms with E-state index in [4.69, 9.17) is 9.26 Å². The molecule has 1 aliphatic rings. The highest BCUT2D eigenvalue weighted by Gasteiger charge is 2.21. The summed E-state index contributed by atoms with van der Waals surface area (Å²) < 4.78 is 10.5. The number of hydrogen-bond acceptors (Lipinski definition) is 5. The summed E-state index contributed by atoms with van der Waals surface area (Å²) in [5.74, 6) is 0.561. The molecule has 0 bridgehead atoms. The average molecular weight is 253 g/mol. The topological polar surface area (TPSA) is 76.4 Å². The number of nitrogens with one attached hydrogen (secondary N) is 2. The molecule has 1 aromatic heterocycles. The first-order valence-electron chi connectivity index (χ1n) is 6.34. The molecule has 100 valence electrons. The van der Waals surface area contributed by atoms with Crippen molar-refractivity contribution >= 4 is 5.91 Å². The van der Waals surface area contributed by atoms with Gasteiger partial charge in [-0.1, -0.05) is 18.5 Å².